The van der Waals surface area contributed by atoms with Crippen LogP contribution in [0.1, 0.15) is 139 Å². The first kappa shape index (κ1) is 61.4. The minimum Gasteiger partial charge on any atom is -0.460 e. The number of ether oxygens (including phenoxy) is 7. The molecule has 3 aliphatic heterocycles. The maximum Gasteiger partial charge on any atom is 0.409 e. The van der Waals surface area contributed by atoms with Gasteiger partial charge in [0.1, 0.15) is 42.0 Å². The molecule has 0 aromatic carbocycles. The highest BCUT2D eigenvalue weighted by atomic mass is 16.6. The van der Waals surface area contributed by atoms with Crippen LogP contribution in [0.4, 0.5) is 4.79 Å². The monoisotopic (exact) mass is 1030 g/mol. The number of esters is 1. The molecule has 2 amide bonds. The van der Waals surface area contributed by atoms with Gasteiger partial charge >= 0.3 is 12.1 Å². The predicted octanol–water partition coefficient (Wildman–Crippen LogP) is 7.30. The number of amides is 2. The highest BCUT2D eigenvalue weighted by Gasteiger charge is 2.53. The molecule has 2 saturated heterocycles. The Kier molecular flexibility index (Phi) is 23.7. The number of allylic oxidation sites excluding steroid dienone is 6. The molecule has 17 heteroatoms. The zero-order valence-electron chi connectivity index (χ0n) is 45.9. The molecule has 73 heavy (non-hydrogen) atoms. The summed E-state index contributed by atoms with van der Waals surface area (Å²) in [5.41, 5.74) is 0.292. The molecule has 3 N–H and O–H groups in total. The second kappa shape index (κ2) is 28.2. The molecule has 0 radical (unpaired) electrons. The summed E-state index contributed by atoms with van der Waals surface area (Å²) >= 11 is 0. The molecule has 412 valence electrons. The molecule has 17 nitrogen and oxygen atoms in total. The molecule has 0 aromatic heterocycles. The fourth-order valence-electron chi connectivity index (χ4n) is 10.7. The third-order valence-electron chi connectivity index (χ3n) is 15.6. The van der Waals surface area contributed by atoms with Crippen molar-refractivity contribution in [3.05, 3.63) is 47.6 Å². The number of nitrogens with zero attached hydrogens (tertiary/aromatic N) is 1. The van der Waals surface area contributed by atoms with Crippen LogP contribution in [0, 0.1) is 35.5 Å². The van der Waals surface area contributed by atoms with E-state index in [2.05, 4.69) is 5.32 Å². The van der Waals surface area contributed by atoms with Crippen molar-refractivity contribution >= 4 is 35.3 Å². The molecule has 3 fully saturated rings. The number of ketones is 3. The van der Waals surface area contributed by atoms with Crippen LogP contribution in [0.3, 0.4) is 0 Å². The number of piperidine rings is 1. The minimum absolute atomic E-state index is 0.00231. The van der Waals surface area contributed by atoms with Gasteiger partial charge in [-0.15, -0.1) is 0 Å². The Morgan fingerprint density at radius 2 is 1.59 bits per heavy atom. The Morgan fingerprint density at radius 1 is 0.877 bits per heavy atom. The average Bonchev–Trinajstić information content (AvgIpc) is 3.35. The number of aliphatic hydroxyl groups is 2. The quantitative estimate of drug-likeness (QED) is 0.0893. The third kappa shape index (κ3) is 16.9. The van der Waals surface area contributed by atoms with Crippen molar-refractivity contribution in [2.24, 2.45) is 35.5 Å². The largest absolute Gasteiger partial charge is 0.460 e. The van der Waals surface area contributed by atoms with Gasteiger partial charge in [-0.05, 0) is 121 Å². The van der Waals surface area contributed by atoms with Gasteiger partial charge in [0.15, 0.2) is 5.78 Å². The van der Waals surface area contributed by atoms with Crippen molar-refractivity contribution in [1.29, 1.82) is 0 Å². The van der Waals surface area contributed by atoms with Gasteiger partial charge in [0.2, 0.25) is 5.79 Å². The Morgan fingerprint density at radius 3 is 2.25 bits per heavy atom. The average molecular weight is 1030 g/mol. The Hall–Kier alpha value is -4.10. The van der Waals surface area contributed by atoms with E-state index in [0.717, 1.165) is 5.57 Å². The number of aliphatic hydroxyl groups excluding tert-OH is 1. The van der Waals surface area contributed by atoms with E-state index in [1.54, 1.807) is 61.8 Å². The number of fused-ring (bicyclic) bond motifs is 3. The van der Waals surface area contributed by atoms with Crippen molar-refractivity contribution in [2.45, 2.75) is 200 Å². The van der Waals surface area contributed by atoms with Crippen LogP contribution in [0.2, 0.25) is 0 Å². The van der Waals surface area contributed by atoms with Crippen LogP contribution in [-0.2, 0) is 57.1 Å². The lowest BCUT2D eigenvalue weighted by Gasteiger charge is -2.42. The number of methoxy groups -OCH3 is 4. The van der Waals surface area contributed by atoms with Gasteiger partial charge in [-0.25, -0.2) is 9.59 Å². The lowest BCUT2D eigenvalue weighted by Crippen LogP contribution is -2.61. The number of carbonyl (C=O) groups excluding carboxylic acids is 6. The van der Waals surface area contributed by atoms with Crippen molar-refractivity contribution in [3.8, 4) is 0 Å². The van der Waals surface area contributed by atoms with Crippen LogP contribution in [0.5, 0.6) is 0 Å². The first-order valence-corrected chi connectivity index (χ1v) is 26.4. The topological polar surface area (TPSA) is 223 Å². The number of alkyl carbamates (subject to hydrolysis) is 1. The Balaban J connectivity index is 1.68. The lowest BCUT2D eigenvalue weighted by molar-refractivity contribution is -0.265. The molecule has 0 aromatic rings. The van der Waals surface area contributed by atoms with Crippen molar-refractivity contribution in [1.82, 2.24) is 10.2 Å². The van der Waals surface area contributed by atoms with Crippen LogP contribution < -0.4 is 5.32 Å². The SMILES string of the molecule is COC1CC2CC[C@@H](C)[C@@](O)(O2)C(=O)C(=O)N2CCCC[C@H]2C(=O)OC(C(C)CC2CC[C@@H](OC(=O)NC(C)(C)OC)C(OC)C2)CC(=O)C(C)/C=C(\C)[C@@H](O)C(OC)C(=O)[C@H](C)CC(C)\C=C/C=C/C=C/1C. The summed E-state index contributed by atoms with van der Waals surface area (Å²) < 4.78 is 40.9. The molecule has 3 heterocycles. The van der Waals surface area contributed by atoms with Crippen molar-refractivity contribution in [2.75, 3.05) is 35.0 Å². The summed E-state index contributed by atoms with van der Waals surface area (Å²) in [6.07, 6.45) is 9.85. The van der Waals surface area contributed by atoms with E-state index in [9.17, 15) is 39.0 Å². The lowest BCUT2D eigenvalue weighted by atomic mass is 9.78. The first-order valence-electron chi connectivity index (χ1n) is 26.4. The highest BCUT2D eigenvalue weighted by Crippen LogP contribution is 2.38. The molecular weight excluding hydrogens is 941 g/mol. The summed E-state index contributed by atoms with van der Waals surface area (Å²) in [6.45, 7) is 16.1. The number of cyclic esters (lactones) is 1. The zero-order chi connectivity index (χ0) is 54.4. The maximum absolute atomic E-state index is 14.6. The normalized spacial score (nSPS) is 37.4. The van der Waals surface area contributed by atoms with E-state index in [-0.39, 0.29) is 42.8 Å². The Labute approximate surface area is 434 Å². The molecule has 9 unspecified atom stereocenters. The highest BCUT2D eigenvalue weighted by molar-refractivity contribution is 6.39. The second-order valence-electron chi connectivity index (χ2n) is 21.8. The fraction of sp³-hybridized carbons (Fsp3) is 0.750. The predicted molar refractivity (Wildman–Crippen MR) is 274 cm³/mol. The molecule has 15 atom stereocenters. The smallest absolute Gasteiger partial charge is 0.409 e. The summed E-state index contributed by atoms with van der Waals surface area (Å²) in [6, 6.07) is -1.18. The first-order chi connectivity index (χ1) is 34.4. The third-order valence-corrected chi connectivity index (χ3v) is 15.6. The number of hydrogen-bond acceptors (Lipinski definition) is 15. The fourth-order valence-corrected chi connectivity index (χ4v) is 10.7. The van der Waals surface area contributed by atoms with Gasteiger partial charge in [-0.3, -0.25) is 24.5 Å². The molecule has 2 bridgehead atoms. The van der Waals surface area contributed by atoms with E-state index in [0.29, 0.717) is 69.8 Å². The van der Waals surface area contributed by atoms with E-state index in [1.165, 1.54) is 19.1 Å². The maximum atomic E-state index is 14.6. The van der Waals surface area contributed by atoms with Crippen LogP contribution in [-0.4, -0.2) is 146 Å². The van der Waals surface area contributed by atoms with E-state index in [4.69, 9.17) is 33.2 Å². The number of carbonyl (C=O) groups is 6. The van der Waals surface area contributed by atoms with Gasteiger partial charge in [0.05, 0.1) is 18.3 Å². The van der Waals surface area contributed by atoms with Gasteiger partial charge in [-0.1, -0.05) is 71.1 Å². The van der Waals surface area contributed by atoms with Gasteiger partial charge in [0.25, 0.3) is 11.7 Å². The van der Waals surface area contributed by atoms with Gasteiger partial charge in [-0.2, -0.15) is 0 Å². The molecule has 0 spiro atoms. The van der Waals surface area contributed by atoms with Crippen LogP contribution in [0.15, 0.2) is 47.6 Å². The summed E-state index contributed by atoms with van der Waals surface area (Å²) in [5.74, 6) is -8.37. The van der Waals surface area contributed by atoms with Gasteiger partial charge < -0.3 is 48.3 Å². The van der Waals surface area contributed by atoms with Gasteiger partial charge in [0, 0.05) is 65.6 Å². The summed E-state index contributed by atoms with van der Waals surface area (Å²) in [7, 11) is 5.98. The number of hydrogen-bond donors (Lipinski definition) is 3. The Bertz CT molecular complexity index is 2010. The molecular formula is C56H88N2O15. The van der Waals surface area contributed by atoms with Crippen LogP contribution >= 0.6 is 0 Å². The number of nitrogens with one attached hydrogen (secondary N) is 1. The standard InChI is InChI=1S/C56H88N2O15/c1-33-19-15-14-16-20-34(2)45(67-10)31-41-24-22-39(7)56(66,73-41)51(62)52(63)58-26-18-17-21-42(58)53(64)71-46(32-43(59)35(3)28-38(6)49(61)50(69-12)48(60)37(5)27-33)36(4)29-40-23-25-44(47(30-40)68-11)72-54(65)57-55(8,9)70-13/h14-16,19-20,28,33,35-37,39-42,44-47,49-50,61,66H,17-18,21-27,29-32H2,1-13H3,(H,57,65)/b16-14+,19-15-,34-20+,38-28+/t33?,35?,36?,37-,39-,40?,41?,42+,44-,45?,46?,47?,49-,50?,56-/m1/s1. The van der Waals surface area contributed by atoms with E-state index < -0.39 is 108 Å². The van der Waals surface area contributed by atoms with E-state index in [1.807, 2.05) is 51.2 Å². The summed E-state index contributed by atoms with van der Waals surface area (Å²) in [4.78, 5) is 85.3. The molecule has 4 rings (SSSR count). The second-order valence-corrected chi connectivity index (χ2v) is 21.8. The zero-order valence-corrected chi connectivity index (χ0v) is 45.9. The van der Waals surface area contributed by atoms with E-state index >= 15 is 0 Å². The number of Topliss-reactive ketones (excluding diaryl/α,β-unsaturated/α-hetero) is 3. The van der Waals surface area contributed by atoms with Crippen LogP contribution in [0.25, 0.3) is 0 Å². The molecule has 1 saturated carbocycles. The summed E-state index contributed by atoms with van der Waals surface area (Å²) in [5, 5.41) is 26.2. The number of rotatable bonds is 9. The van der Waals surface area contributed by atoms with Crippen molar-refractivity contribution < 1.29 is 72.1 Å². The minimum atomic E-state index is -2.46. The molecule has 1 aliphatic carbocycles. The molecule has 4 aliphatic rings. The van der Waals surface area contributed by atoms with Crippen molar-refractivity contribution in [3.63, 3.8) is 0 Å².